The topological polar surface area (TPSA) is 260 Å². The summed E-state index contributed by atoms with van der Waals surface area (Å²) in [4.78, 5) is 81.3. The number of aromatic nitrogens is 3. The van der Waals surface area contributed by atoms with Crippen LogP contribution in [-0.4, -0.2) is 110 Å². The number of hydrogen-bond donors (Lipinski definition) is 5. The molecule has 0 aliphatic carbocycles. The van der Waals surface area contributed by atoms with E-state index in [-0.39, 0.29) is 53.6 Å². The number of alkyl carbamates (subject to hydrolysis) is 1. The monoisotopic (exact) mass is 949 g/mol. The van der Waals surface area contributed by atoms with Crippen LogP contribution in [-0.2, 0) is 58.8 Å². The summed E-state index contributed by atoms with van der Waals surface area (Å²) in [6.07, 6.45) is 5.85. The fourth-order valence-electron chi connectivity index (χ4n) is 6.96. The molecule has 0 unspecified atom stereocenters. The van der Waals surface area contributed by atoms with Gasteiger partial charge in [-0.3, -0.25) is 19.2 Å². The number of carbonyl (C=O) groups excluding carboxylic acids is 5. The van der Waals surface area contributed by atoms with Gasteiger partial charge in [-0.2, -0.15) is 12.8 Å². The third-order valence-electron chi connectivity index (χ3n) is 9.99. The van der Waals surface area contributed by atoms with Crippen molar-refractivity contribution in [1.29, 1.82) is 0 Å². The maximum Gasteiger partial charge on any atom is 0.407 e. The summed E-state index contributed by atoms with van der Waals surface area (Å²) in [7, 11) is -1.52. The number of imidazole rings is 1. The van der Waals surface area contributed by atoms with Crippen molar-refractivity contribution in [2.24, 2.45) is 11.4 Å². The van der Waals surface area contributed by atoms with E-state index in [9.17, 15) is 37.2 Å². The molecule has 0 spiro atoms. The van der Waals surface area contributed by atoms with Gasteiger partial charge < -0.3 is 49.9 Å². The first kappa shape index (κ1) is 53.0. The van der Waals surface area contributed by atoms with Crippen LogP contribution in [0.5, 0.6) is 0 Å². The van der Waals surface area contributed by atoms with E-state index in [0.717, 1.165) is 18.2 Å². The molecule has 2 aromatic heterocycles. The minimum atomic E-state index is -4.42. The van der Waals surface area contributed by atoms with Crippen LogP contribution in [0.3, 0.4) is 0 Å². The van der Waals surface area contributed by atoms with Crippen molar-refractivity contribution >= 4 is 62.4 Å². The zero-order chi connectivity index (χ0) is 49.3. The third kappa shape index (κ3) is 16.6. The predicted octanol–water partition coefficient (Wildman–Crippen LogP) is 3.73. The fourth-order valence-corrected chi connectivity index (χ4v) is 8.41. The Bertz CT molecular complexity index is 2590. The number of methoxy groups -OCH3 is 1. The lowest BCUT2D eigenvalue weighted by molar-refractivity contribution is -0.132. The van der Waals surface area contributed by atoms with Gasteiger partial charge in [0.25, 0.3) is 15.9 Å². The second kappa shape index (κ2) is 24.8. The van der Waals surface area contributed by atoms with Crippen LogP contribution >= 0.6 is 0 Å². The summed E-state index contributed by atoms with van der Waals surface area (Å²) in [5, 5.41) is 14.2. The Kier molecular flexibility index (Phi) is 19.6. The summed E-state index contributed by atoms with van der Waals surface area (Å²) in [6.45, 7) is 12.2. The molecule has 5 N–H and O–H groups in total. The van der Waals surface area contributed by atoms with Crippen LogP contribution in [0.1, 0.15) is 85.5 Å². The van der Waals surface area contributed by atoms with Crippen molar-refractivity contribution in [3.05, 3.63) is 87.0 Å². The van der Waals surface area contributed by atoms with Crippen LogP contribution in [0, 0.1) is 20.8 Å². The number of fused-ring (bicyclic) bond motifs is 1. The van der Waals surface area contributed by atoms with Crippen LogP contribution in [0.4, 0.5) is 10.7 Å². The number of sulfonamides is 1. The Morgan fingerprint density at radius 1 is 0.851 bits per heavy atom. The Morgan fingerprint density at radius 3 is 2.07 bits per heavy atom. The number of ether oxygens (including phenoxy) is 3. The highest BCUT2D eigenvalue weighted by molar-refractivity contribution is 7.90. The molecule has 67 heavy (non-hydrogen) atoms. The predicted molar refractivity (Wildman–Crippen MR) is 253 cm³/mol. The van der Waals surface area contributed by atoms with Gasteiger partial charge in [-0.15, -0.1) is 0 Å². The van der Waals surface area contributed by atoms with Crippen molar-refractivity contribution in [3.63, 3.8) is 0 Å². The molecular formula is C46H63N9O11S. The Morgan fingerprint density at radius 2 is 1.48 bits per heavy atom. The Balaban J connectivity index is 1.36. The zero-order valence-corrected chi connectivity index (χ0v) is 40.3. The van der Waals surface area contributed by atoms with Gasteiger partial charge in [-0.1, -0.05) is 23.8 Å². The molecule has 0 saturated heterocycles. The largest absolute Gasteiger partial charge is 0.464 e. The highest BCUT2D eigenvalue weighted by atomic mass is 32.2. The van der Waals surface area contributed by atoms with Gasteiger partial charge in [-0.25, -0.2) is 14.6 Å². The second-order valence-electron chi connectivity index (χ2n) is 16.8. The number of anilines is 1. The number of pyridine rings is 1. The number of nitrogens with zero attached hydrogens (tertiary/aromatic N) is 4. The fraction of sp³-hybridized carbons (Fsp3) is 0.478. The molecule has 20 nitrogen and oxygen atoms in total. The lowest BCUT2D eigenvalue weighted by Crippen LogP contribution is -2.37. The molecular weight excluding hydrogens is 887 g/mol. The number of hydrogen-bond acceptors (Lipinski definition) is 13. The van der Waals surface area contributed by atoms with E-state index in [1.807, 2.05) is 24.6 Å². The van der Waals surface area contributed by atoms with Gasteiger partial charge >= 0.3 is 12.1 Å². The van der Waals surface area contributed by atoms with Gasteiger partial charge in [0.15, 0.2) is 5.71 Å². The lowest BCUT2D eigenvalue weighted by atomic mass is 10.1. The number of carbonyl (C=O) groups is 5. The van der Waals surface area contributed by atoms with E-state index in [0.29, 0.717) is 74.7 Å². The molecule has 4 rings (SSSR count). The van der Waals surface area contributed by atoms with E-state index in [1.54, 1.807) is 75.8 Å². The number of esters is 1. The van der Waals surface area contributed by atoms with E-state index >= 15 is 0 Å². The standard InChI is InChI=1S/C46H63N9O11S/c1-30-24-31(2)41(32(3)25-30)67(62,63)53-36(43(60)64-8)28-51-42(59)35-29-55(37-26-33(12-13-34(37)40(35)58)27-52-44-49-19-21-54(44)7)20-9-16-47-38(56)14-15-39(57)48-17-10-22-65-23-11-18-50-45(61)66-46(4,5)6/h12-13,19,21,24-26,29H,9-11,14-18,20,22-23,27-28H2,1-8H3,(H,47,56)(H,48,57)(H,49,52)(H,50,61)(H,51,59)/b53-36+. The van der Waals surface area contributed by atoms with Crippen LogP contribution in [0.25, 0.3) is 10.9 Å². The highest BCUT2D eigenvalue weighted by Gasteiger charge is 2.25. The maximum absolute atomic E-state index is 13.9. The minimum Gasteiger partial charge on any atom is -0.464 e. The molecule has 2 heterocycles. The SMILES string of the molecule is COC(=O)/C(CNC(=O)c1cn(CCCNC(=O)CCC(=O)NCCCOCCCNC(=O)OC(C)(C)C)c2cc(CNc3nccn3C)ccc2c1=O)=N/S(=O)(=O)c1c(C)cc(C)cc1C. The summed E-state index contributed by atoms with van der Waals surface area (Å²) >= 11 is 0. The molecule has 364 valence electrons. The number of benzene rings is 2. The summed E-state index contributed by atoms with van der Waals surface area (Å²) in [5.74, 6) is -1.95. The molecule has 4 aromatic rings. The quantitative estimate of drug-likeness (QED) is 0.0382. The van der Waals surface area contributed by atoms with Crippen LogP contribution < -0.4 is 32.0 Å². The molecule has 0 atom stereocenters. The summed E-state index contributed by atoms with van der Waals surface area (Å²) in [5.41, 5.74) is 0.971. The molecule has 0 aliphatic rings. The Labute approximate surface area is 390 Å². The first-order chi connectivity index (χ1) is 31.7. The van der Waals surface area contributed by atoms with Gasteiger partial charge in [0, 0.05) is 89.8 Å². The van der Waals surface area contributed by atoms with Crippen LogP contribution in [0.15, 0.2) is 63.0 Å². The number of nitrogens with one attached hydrogen (secondary N) is 5. The van der Waals surface area contributed by atoms with Gasteiger partial charge in [0.2, 0.25) is 23.2 Å². The van der Waals surface area contributed by atoms with Gasteiger partial charge in [0.05, 0.1) is 24.1 Å². The van der Waals surface area contributed by atoms with Crippen molar-refractivity contribution in [3.8, 4) is 0 Å². The van der Waals surface area contributed by atoms with Crippen molar-refractivity contribution in [2.45, 2.75) is 97.2 Å². The lowest BCUT2D eigenvalue weighted by Gasteiger charge is -2.19. The molecule has 0 fully saturated rings. The normalized spacial score (nSPS) is 11.8. The zero-order valence-electron chi connectivity index (χ0n) is 39.5. The van der Waals surface area contributed by atoms with E-state index in [2.05, 4.69) is 36.0 Å². The first-order valence-corrected chi connectivity index (χ1v) is 23.4. The molecule has 21 heteroatoms. The van der Waals surface area contributed by atoms with Crippen molar-refractivity contribution in [1.82, 2.24) is 35.4 Å². The van der Waals surface area contributed by atoms with Gasteiger partial charge in [0.1, 0.15) is 11.2 Å². The summed E-state index contributed by atoms with van der Waals surface area (Å²) in [6, 6.07) is 8.52. The minimum absolute atomic E-state index is 0.0134. The average molecular weight is 950 g/mol. The molecule has 0 aliphatic heterocycles. The molecule has 2 aromatic carbocycles. The molecule has 4 amide bonds. The van der Waals surface area contributed by atoms with E-state index in [4.69, 9.17) is 14.2 Å². The smallest absolute Gasteiger partial charge is 0.407 e. The third-order valence-corrected chi connectivity index (χ3v) is 11.6. The maximum atomic E-state index is 13.9. The Hall–Kier alpha value is -6.61. The molecule has 0 saturated carbocycles. The van der Waals surface area contributed by atoms with Crippen molar-refractivity contribution in [2.75, 3.05) is 51.8 Å². The average Bonchev–Trinajstić information content (AvgIpc) is 3.67. The second-order valence-corrected chi connectivity index (χ2v) is 18.4. The first-order valence-electron chi connectivity index (χ1n) is 21.9. The van der Waals surface area contributed by atoms with Crippen LogP contribution in [0.2, 0.25) is 0 Å². The number of aryl methyl sites for hydroxylation is 5. The van der Waals surface area contributed by atoms with E-state index < -0.39 is 51.3 Å². The molecule has 0 bridgehead atoms. The highest BCUT2D eigenvalue weighted by Crippen LogP contribution is 2.24. The van der Waals surface area contributed by atoms with Gasteiger partial charge in [-0.05, 0) is 89.6 Å². The molecule has 0 radical (unpaired) electrons. The number of rotatable bonds is 24. The summed E-state index contributed by atoms with van der Waals surface area (Å²) < 4.78 is 49.7. The van der Waals surface area contributed by atoms with E-state index in [1.165, 1.54) is 6.20 Å². The number of amides is 4. The van der Waals surface area contributed by atoms with Crippen molar-refractivity contribution < 1.29 is 46.6 Å².